The molecule has 2 rings (SSSR count). The van der Waals surface area contributed by atoms with Gasteiger partial charge in [-0.15, -0.1) is 4.52 Å². The van der Waals surface area contributed by atoms with Crippen LogP contribution in [0.5, 0.6) is 0 Å². The Labute approximate surface area is 173 Å². The first-order valence-corrected chi connectivity index (χ1v) is 10.2. The summed E-state index contributed by atoms with van der Waals surface area (Å²) in [6.45, 7) is 4.99. The van der Waals surface area contributed by atoms with Crippen molar-refractivity contribution in [2.75, 3.05) is 6.61 Å². The summed E-state index contributed by atoms with van der Waals surface area (Å²) in [6.07, 6.45) is -2.60. The van der Waals surface area contributed by atoms with Gasteiger partial charge in [0.1, 0.15) is 26.6 Å². The Morgan fingerprint density at radius 3 is 2.70 bits per heavy atom. The highest BCUT2D eigenvalue weighted by atomic mass is 31.1. The Kier molecular flexibility index (Phi) is 7.36. The van der Waals surface area contributed by atoms with Crippen molar-refractivity contribution in [3.63, 3.8) is 0 Å². The maximum absolute atomic E-state index is 15.3. The van der Waals surface area contributed by atoms with Crippen LogP contribution in [0, 0.1) is 0 Å². The fourth-order valence-corrected chi connectivity index (χ4v) is 3.49. The van der Waals surface area contributed by atoms with Crippen LogP contribution in [-0.4, -0.2) is 64.5 Å². The third-order valence-electron chi connectivity index (χ3n) is 4.48. The van der Waals surface area contributed by atoms with E-state index < -0.39 is 61.5 Å². The maximum atomic E-state index is 15.3. The van der Waals surface area contributed by atoms with Crippen molar-refractivity contribution in [2.24, 2.45) is 0 Å². The molecule has 1 aliphatic heterocycles. The number of H-pyrrole nitrogens is 1. The predicted octanol–water partition coefficient (Wildman–Crippen LogP) is -0.377. The molecule has 164 valence electrons. The van der Waals surface area contributed by atoms with Crippen LogP contribution in [0.1, 0.15) is 33.9 Å². The van der Waals surface area contributed by atoms with Gasteiger partial charge in [0, 0.05) is 12.3 Å². The molecule has 6 atom stereocenters. The third kappa shape index (κ3) is 5.04. The van der Waals surface area contributed by atoms with E-state index in [1.807, 2.05) is 4.98 Å². The summed E-state index contributed by atoms with van der Waals surface area (Å²) >= 11 is 0. The van der Waals surface area contributed by atoms with Gasteiger partial charge in [-0.3, -0.25) is 19.1 Å². The highest BCUT2D eigenvalue weighted by Crippen LogP contribution is 2.46. The van der Waals surface area contributed by atoms with Crippen LogP contribution in [0.15, 0.2) is 21.9 Å². The van der Waals surface area contributed by atoms with Gasteiger partial charge in [-0.2, -0.15) is 0 Å². The van der Waals surface area contributed by atoms with Gasteiger partial charge < -0.3 is 14.6 Å². The molecule has 0 spiro atoms. The second kappa shape index (κ2) is 9.07. The van der Waals surface area contributed by atoms with E-state index in [2.05, 4.69) is 5.09 Å². The second-order valence-electron chi connectivity index (χ2n) is 7.28. The van der Waals surface area contributed by atoms with Crippen molar-refractivity contribution < 1.29 is 32.9 Å². The van der Waals surface area contributed by atoms with Crippen molar-refractivity contribution in [1.29, 1.82) is 0 Å². The van der Waals surface area contributed by atoms with E-state index >= 15 is 4.39 Å². The number of aromatic amines is 1. The second-order valence-corrected chi connectivity index (χ2v) is 8.32. The molecule has 2 heterocycles. The van der Waals surface area contributed by atoms with Gasteiger partial charge >= 0.3 is 19.8 Å². The quantitative estimate of drug-likeness (QED) is 0.276. The average molecular weight is 446 g/mol. The van der Waals surface area contributed by atoms with E-state index in [0.717, 1.165) is 23.8 Å². The molecule has 14 heteroatoms. The smallest absolute Gasteiger partial charge is 0.462 e. The van der Waals surface area contributed by atoms with Crippen LogP contribution in [0.3, 0.4) is 0 Å². The van der Waals surface area contributed by atoms with Crippen LogP contribution in [-0.2, 0) is 23.4 Å². The van der Waals surface area contributed by atoms with Crippen molar-refractivity contribution in [3.8, 4) is 0 Å². The molecule has 0 aliphatic carbocycles. The first-order chi connectivity index (χ1) is 13.8. The van der Waals surface area contributed by atoms with Crippen LogP contribution < -0.4 is 16.3 Å². The van der Waals surface area contributed by atoms with E-state index in [0.29, 0.717) is 0 Å². The van der Waals surface area contributed by atoms with Gasteiger partial charge in [0.25, 0.3) is 5.56 Å². The molecular weight excluding hydrogens is 423 g/mol. The number of ether oxygens (including phenoxy) is 2. The monoisotopic (exact) mass is 446 g/mol. The lowest BCUT2D eigenvalue weighted by Gasteiger charge is -2.33. The summed E-state index contributed by atoms with van der Waals surface area (Å²) in [5.74, 6) is -0.654. The van der Waals surface area contributed by atoms with E-state index in [4.69, 9.17) is 21.8 Å². The molecular formula is C16H23BFN3O8P+. The molecule has 1 fully saturated rings. The molecule has 0 aromatic carbocycles. The first-order valence-electron chi connectivity index (χ1n) is 9.01. The van der Waals surface area contributed by atoms with Crippen LogP contribution in [0.2, 0.25) is 0 Å². The van der Waals surface area contributed by atoms with Crippen LogP contribution >= 0.6 is 8.18 Å². The van der Waals surface area contributed by atoms with E-state index in [-0.39, 0.29) is 6.10 Å². The Morgan fingerprint density at radius 1 is 1.50 bits per heavy atom. The maximum Gasteiger partial charge on any atom is 0.613 e. The minimum Gasteiger partial charge on any atom is -0.462 e. The average Bonchev–Trinajstić information content (AvgIpc) is 2.78. The van der Waals surface area contributed by atoms with E-state index in [9.17, 15) is 24.1 Å². The molecule has 11 nitrogen and oxygen atoms in total. The highest BCUT2D eigenvalue weighted by molar-refractivity contribution is 7.36. The fraction of sp³-hybridized carbons (Fsp3) is 0.688. The zero-order valence-electron chi connectivity index (χ0n) is 16.8. The number of nitrogens with one attached hydrogen (secondary N) is 2. The first kappa shape index (κ1) is 24.4. The summed E-state index contributed by atoms with van der Waals surface area (Å²) in [6, 6.07) is 0.00905. The molecule has 0 bridgehead atoms. The largest absolute Gasteiger partial charge is 0.613 e. The molecule has 0 amide bonds. The Morgan fingerprint density at radius 2 is 2.13 bits per heavy atom. The lowest BCUT2D eigenvalue weighted by atomic mass is 9.68. The standard InChI is InChI=1S/C16H22BFN3O8P/c1-8(2)28-12(23)9(3)20-30(26)27-7-10-16(17,25)15(4,18)13(29-10)21-6-5-11(22)19-14(21)24/h5-6,8-10,13,25H,7H2,1-4H3,(H-,19,20,22,24,26)/p+1/t9-,10+,13+,15-,16+/m0/s1. The molecule has 3 N–H and O–H groups in total. The van der Waals surface area contributed by atoms with Crippen molar-refractivity contribution in [2.45, 2.75) is 63.3 Å². The number of aromatic nitrogens is 2. The normalized spacial score (nSPS) is 30.3. The highest BCUT2D eigenvalue weighted by Gasteiger charge is 2.63. The van der Waals surface area contributed by atoms with E-state index in [1.165, 1.54) is 6.92 Å². The number of hydrogen-bond donors (Lipinski definition) is 3. The van der Waals surface area contributed by atoms with Gasteiger partial charge in [0.2, 0.25) is 0 Å². The van der Waals surface area contributed by atoms with Crippen molar-refractivity contribution in [1.82, 2.24) is 14.6 Å². The van der Waals surface area contributed by atoms with Gasteiger partial charge in [0.15, 0.2) is 11.9 Å². The number of rotatable bonds is 8. The van der Waals surface area contributed by atoms with Crippen LogP contribution in [0.25, 0.3) is 0 Å². The van der Waals surface area contributed by atoms with Gasteiger partial charge in [-0.25, -0.2) is 9.18 Å². The molecule has 1 unspecified atom stereocenters. The topological polar surface area (TPSA) is 149 Å². The fourth-order valence-electron chi connectivity index (χ4n) is 2.72. The molecule has 0 saturated carbocycles. The molecule has 1 aromatic rings. The number of nitrogens with zero attached hydrogens (tertiary/aromatic N) is 1. The Hall–Kier alpha value is -1.92. The number of esters is 1. The summed E-state index contributed by atoms with van der Waals surface area (Å²) in [5, 5.41) is 12.8. The number of aliphatic hydroxyl groups is 1. The molecule has 1 aromatic heterocycles. The lowest BCUT2D eigenvalue weighted by molar-refractivity contribution is -0.149. The molecule has 1 aliphatic rings. The predicted molar refractivity (Wildman–Crippen MR) is 103 cm³/mol. The zero-order chi connectivity index (χ0) is 22.9. The number of carbonyl (C=O) groups excluding carboxylic acids is 1. The molecule has 1 saturated heterocycles. The minimum atomic E-state index is -2.68. The van der Waals surface area contributed by atoms with Gasteiger partial charge in [-0.1, -0.05) is 5.09 Å². The van der Waals surface area contributed by atoms with E-state index in [1.54, 1.807) is 13.8 Å². The lowest BCUT2D eigenvalue weighted by Crippen LogP contribution is -2.55. The Bertz CT molecular complexity index is 918. The molecule has 30 heavy (non-hydrogen) atoms. The van der Waals surface area contributed by atoms with Gasteiger partial charge in [-0.05, 0) is 32.3 Å². The Balaban J connectivity index is 2.08. The van der Waals surface area contributed by atoms with Crippen molar-refractivity contribution >= 4 is 22.0 Å². The van der Waals surface area contributed by atoms with Gasteiger partial charge in [0.05, 0.1) is 11.6 Å². The number of hydrogen-bond acceptors (Lipinski definition) is 8. The summed E-state index contributed by atoms with van der Waals surface area (Å²) in [4.78, 5) is 36.9. The zero-order valence-corrected chi connectivity index (χ0v) is 17.7. The summed E-state index contributed by atoms with van der Waals surface area (Å²) in [5.41, 5.74) is -6.99. The SMILES string of the molecule is [B][C@@]1(O)[C@@H](CO[P+](=O)N[C@@H](C)C(=O)OC(C)C)O[C@@H](n2ccc(=O)[nH]c2=O)[C@]1(C)F. The van der Waals surface area contributed by atoms with Crippen LogP contribution in [0.4, 0.5) is 4.39 Å². The summed E-state index contributed by atoms with van der Waals surface area (Å²) < 4.78 is 43.4. The minimum absolute atomic E-state index is 0.366. The number of alkyl halides is 1. The van der Waals surface area contributed by atoms with Crippen molar-refractivity contribution in [3.05, 3.63) is 33.1 Å². The third-order valence-corrected chi connectivity index (χ3v) is 5.46. The summed E-state index contributed by atoms with van der Waals surface area (Å²) in [7, 11) is 3.07. The number of halogens is 1. The molecule has 2 radical (unpaired) electrons. The number of carbonyl (C=O) groups is 1.